The Balaban J connectivity index is 1.84. The van der Waals surface area contributed by atoms with Crippen LogP contribution < -0.4 is 0 Å². The molecule has 29 heavy (non-hydrogen) atoms. The van der Waals surface area contributed by atoms with E-state index in [0.29, 0.717) is 5.56 Å². The van der Waals surface area contributed by atoms with Crippen molar-refractivity contribution in [1.29, 1.82) is 0 Å². The number of benzene rings is 3. The molecule has 6 nitrogen and oxygen atoms in total. The van der Waals surface area contributed by atoms with Crippen molar-refractivity contribution in [1.82, 2.24) is 4.90 Å². The van der Waals surface area contributed by atoms with Crippen LogP contribution in [-0.4, -0.2) is 36.2 Å². The zero-order valence-corrected chi connectivity index (χ0v) is 16.4. The molecule has 0 fully saturated rings. The summed E-state index contributed by atoms with van der Waals surface area (Å²) in [7, 11) is -3.85. The molecule has 0 heterocycles. The topological polar surface area (TPSA) is 94.9 Å². The Morgan fingerprint density at radius 1 is 0.897 bits per heavy atom. The van der Waals surface area contributed by atoms with E-state index < -0.39 is 15.9 Å². The van der Waals surface area contributed by atoms with Crippen LogP contribution in [-0.2, 0) is 22.8 Å². The number of carboxylic acid groups (broad SMARTS) is 1. The third-order valence-corrected chi connectivity index (χ3v) is 6.38. The normalized spacial score (nSPS) is 11.2. The molecule has 2 N–H and O–H groups in total. The first-order chi connectivity index (χ1) is 13.9. The van der Waals surface area contributed by atoms with Gasteiger partial charge in [0.2, 0.25) is 9.84 Å². The molecule has 0 unspecified atom stereocenters. The maximum absolute atomic E-state index is 13.0. The zero-order valence-electron chi connectivity index (χ0n) is 15.6. The molecule has 3 aromatic rings. The molecule has 0 radical (unpaired) electrons. The van der Waals surface area contributed by atoms with Crippen LogP contribution in [0.3, 0.4) is 0 Å². The minimum atomic E-state index is -3.85. The molecule has 3 rings (SSSR count). The highest BCUT2D eigenvalue weighted by Gasteiger charge is 2.22. The number of aromatic hydroxyl groups is 1. The van der Waals surface area contributed by atoms with Crippen LogP contribution in [0.25, 0.3) is 0 Å². The van der Waals surface area contributed by atoms with Gasteiger partial charge in [0.15, 0.2) is 0 Å². The molecule has 150 valence electrons. The maximum atomic E-state index is 13.0. The summed E-state index contributed by atoms with van der Waals surface area (Å²) in [4.78, 5) is 13.0. The van der Waals surface area contributed by atoms with E-state index in [1.807, 2.05) is 30.3 Å². The number of hydrogen-bond donors (Lipinski definition) is 2. The van der Waals surface area contributed by atoms with Crippen molar-refractivity contribution < 1.29 is 23.4 Å². The standard InChI is InChI=1S/C22H21NO5S/c24-19-10-6-11-20(15-19)29(27,28)21-12-5-4-9-18(21)13-14-23(22(25)26)16-17-7-2-1-3-8-17/h1-12,15,24H,13-14,16H2,(H,25,26). The summed E-state index contributed by atoms with van der Waals surface area (Å²) < 4.78 is 26.1. The van der Waals surface area contributed by atoms with Gasteiger partial charge < -0.3 is 15.1 Å². The summed E-state index contributed by atoms with van der Waals surface area (Å²) in [6.07, 6.45) is -0.824. The SMILES string of the molecule is O=C(O)N(CCc1ccccc1S(=O)(=O)c1cccc(O)c1)Cc1ccccc1. The number of phenols is 1. The van der Waals surface area contributed by atoms with Gasteiger partial charge in [0.25, 0.3) is 0 Å². The molecule has 0 aliphatic carbocycles. The van der Waals surface area contributed by atoms with Gasteiger partial charge in [-0.25, -0.2) is 13.2 Å². The summed E-state index contributed by atoms with van der Waals surface area (Å²) >= 11 is 0. The summed E-state index contributed by atoms with van der Waals surface area (Å²) in [5.74, 6) is -0.136. The number of phenolic OH excluding ortho intramolecular Hbond substituents is 1. The first-order valence-corrected chi connectivity index (χ1v) is 10.5. The van der Waals surface area contributed by atoms with Gasteiger partial charge in [0, 0.05) is 13.1 Å². The van der Waals surface area contributed by atoms with E-state index in [4.69, 9.17) is 0 Å². The quantitative estimate of drug-likeness (QED) is 0.614. The van der Waals surface area contributed by atoms with Crippen molar-refractivity contribution in [3.05, 3.63) is 90.0 Å². The van der Waals surface area contributed by atoms with E-state index in [2.05, 4.69) is 0 Å². The monoisotopic (exact) mass is 411 g/mol. The zero-order chi connectivity index (χ0) is 20.9. The molecule has 0 aliphatic heterocycles. The van der Waals surface area contributed by atoms with E-state index >= 15 is 0 Å². The summed E-state index contributed by atoms with van der Waals surface area (Å²) in [6.45, 7) is 0.369. The van der Waals surface area contributed by atoms with Crippen molar-refractivity contribution in [2.24, 2.45) is 0 Å². The van der Waals surface area contributed by atoms with Crippen molar-refractivity contribution in [2.45, 2.75) is 22.8 Å². The van der Waals surface area contributed by atoms with Crippen LogP contribution in [0.4, 0.5) is 4.79 Å². The third-order valence-electron chi connectivity index (χ3n) is 4.53. The van der Waals surface area contributed by atoms with Gasteiger partial charge in [-0.1, -0.05) is 54.6 Å². The largest absolute Gasteiger partial charge is 0.508 e. The first kappa shape index (κ1) is 20.4. The van der Waals surface area contributed by atoms with Gasteiger partial charge in [0.1, 0.15) is 5.75 Å². The van der Waals surface area contributed by atoms with Crippen molar-refractivity contribution in [3.8, 4) is 5.75 Å². The fourth-order valence-electron chi connectivity index (χ4n) is 3.05. The summed E-state index contributed by atoms with van der Waals surface area (Å²) in [5, 5.41) is 19.2. The number of hydrogen-bond acceptors (Lipinski definition) is 4. The lowest BCUT2D eigenvalue weighted by atomic mass is 10.1. The Morgan fingerprint density at radius 2 is 1.59 bits per heavy atom. The Bertz CT molecular complexity index is 1100. The lowest BCUT2D eigenvalue weighted by molar-refractivity contribution is 0.143. The van der Waals surface area contributed by atoms with Gasteiger partial charge in [0.05, 0.1) is 9.79 Å². The van der Waals surface area contributed by atoms with Gasteiger partial charge in [-0.2, -0.15) is 0 Å². The molecule has 0 aromatic heterocycles. The number of sulfone groups is 1. The Morgan fingerprint density at radius 3 is 2.28 bits per heavy atom. The Labute approximate surface area is 169 Å². The summed E-state index contributed by atoms with van der Waals surface area (Å²) in [5.41, 5.74) is 1.38. The van der Waals surface area contributed by atoms with Crippen LogP contribution in [0.2, 0.25) is 0 Å². The minimum absolute atomic E-state index is 0.00988. The van der Waals surface area contributed by atoms with Crippen LogP contribution in [0.1, 0.15) is 11.1 Å². The first-order valence-electron chi connectivity index (χ1n) is 9.02. The lowest BCUT2D eigenvalue weighted by Crippen LogP contribution is -2.31. The van der Waals surface area contributed by atoms with E-state index in [1.54, 1.807) is 18.2 Å². The average molecular weight is 411 g/mol. The van der Waals surface area contributed by atoms with Crippen LogP contribution in [0.15, 0.2) is 88.7 Å². The third kappa shape index (κ3) is 4.94. The molecule has 7 heteroatoms. The van der Waals surface area contributed by atoms with Crippen molar-refractivity contribution in [2.75, 3.05) is 6.54 Å². The second-order valence-electron chi connectivity index (χ2n) is 6.55. The molecule has 1 amide bonds. The van der Waals surface area contributed by atoms with E-state index in [1.165, 1.54) is 35.2 Å². The second-order valence-corrected chi connectivity index (χ2v) is 8.47. The minimum Gasteiger partial charge on any atom is -0.508 e. The highest BCUT2D eigenvalue weighted by Crippen LogP contribution is 2.26. The van der Waals surface area contributed by atoms with Gasteiger partial charge >= 0.3 is 6.09 Å². The average Bonchev–Trinajstić information content (AvgIpc) is 2.72. The van der Waals surface area contributed by atoms with Gasteiger partial charge in [-0.05, 0) is 41.8 Å². The lowest BCUT2D eigenvalue weighted by Gasteiger charge is -2.20. The van der Waals surface area contributed by atoms with Crippen molar-refractivity contribution in [3.63, 3.8) is 0 Å². The highest BCUT2D eigenvalue weighted by molar-refractivity contribution is 7.91. The second kappa shape index (κ2) is 8.79. The maximum Gasteiger partial charge on any atom is 0.407 e. The predicted molar refractivity (Wildman–Crippen MR) is 109 cm³/mol. The smallest absolute Gasteiger partial charge is 0.407 e. The van der Waals surface area contributed by atoms with Crippen LogP contribution in [0, 0.1) is 0 Å². The molecule has 0 saturated heterocycles. The number of carbonyl (C=O) groups is 1. The van der Waals surface area contributed by atoms with Gasteiger partial charge in [-0.3, -0.25) is 0 Å². The molecule has 0 spiro atoms. The van der Waals surface area contributed by atoms with E-state index in [-0.39, 0.29) is 35.1 Å². The molecule has 0 aliphatic rings. The molecule has 0 atom stereocenters. The van der Waals surface area contributed by atoms with Crippen LogP contribution in [0.5, 0.6) is 5.75 Å². The number of rotatable bonds is 7. The molecule has 3 aromatic carbocycles. The predicted octanol–water partition coefficient (Wildman–Crippen LogP) is 3.95. The fraction of sp³-hybridized carbons (Fsp3) is 0.136. The van der Waals surface area contributed by atoms with E-state index in [9.17, 15) is 23.4 Å². The van der Waals surface area contributed by atoms with Crippen molar-refractivity contribution >= 4 is 15.9 Å². The Hall–Kier alpha value is -3.32. The molecular formula is C22H21NO5S. The summed E-state index contributed by atoms with van der Waals surface area (Å²) in [6, 6.07) is 21.2. The fourth-order valence-corrected chi connectivity index (χ4v) is 4.61. The number of amides is 1. The molecule has 0 saturated carbocycles. The van der Waals surface area contributed by atoms with E-state index in [0.717, 1.165) is 5.56 Å². The number of nitrogens with zero attached hydrogens (tertiary/aromatic N) is 1. The molecular weight excluding hydrogens is 390 g/mol. The van der Waals surface area contributed by atoms with Crippen LogP contribution >= 0.6 is 0 Å². The molecule has 0 bridgehead atoms. The Kier molecular flexibility index (Phi) is 6.19. The highest BCUT2D eigenvalue weighted by atomic mass is 32.2. The van der Waals surface area contributed by atoms with Gasteiger partial charge in [-0.15, -0.1) is 0 Å².